The van der Waals surface area contributed by atoms with E-state index in [1.165, 1.54) is 11.8 Å². The lowest BCUT2D eigenvalue weighted by molar-refractivity contribution is -0.115. The molecule has 0 radical (unpaired) electrons. The molecule has 1 N–H and O–H groups in total. The van der Waals surface area contributed by atoms with Crippen molar-refractivity contribution in [2.75, 3.05) is 26.5 Å². The number of unbranched alkanes of at least 4 members (excludes halogenated alkanes) is 1. The Hall–Kier alpha value is -2.06. The van der Waals surface area contributed by atoms with Crippen molar-refractivity contribution in [1.82, 2.24) is 19.7 Å². The molecule has 2 aromatic rings. The topological polar surface area (TPSA) is 72.3 Å². The summed E-state index contributed by atoms with van der Waals surface area (Å²) in [6.07, 6.45) is 3.08. The van der Waals surface area contributed by atoms with Gasteiger partial charge in [0.15, 0.2) is 11.0 Å². The summed E-state index contributed by atoms with van der Waals surface area (Å²) >= 11 is 1.44. The van der Waals surface area contributed by atoms with Crippen LogP contribution in [-0.2, 0) is 11.3 Å². The fraction of sp³-hybridized carbons (Fsp3) is 0.571. The molecule has 0 aliphatic rings. The highest BCUT2D eigenvalue weighted by molar-refractivity contribution is 8.00. The molecule has 0 unspecified atom stereocenters. The first-order valence-corrected chi connectivity index (χ1v) is 11.0. The molecule has 0 saturated carbocycles. The minimum atomic E-state index is -0.322. The largest absolute Gasteiger partial charge is 0.495 e. The van der Waals surface area contributed by atoms with E-state index >= 15 is 0 Å². The van der Waals surface area contributed by atoms with Crippen molar-refractivity contribution in [3.8, 4) is 5.75 Å². The summed E-state index contributed by atoms with van der Waals surface area (Å²) in [4.78, 5) is 14.9. The molecule has 7 nitrogen and oxygen atoms in total. The molecule has 1 aromatic heterocycles. The van der Waals surface area contributed by atoms with Gasteiger partial charge in [0.05, 0.1) is 24.1 Å². The van der Waals surface area contributed by atoms with Crippen molar-refractivity contribution >= 4 is 23.4 Å². The van der Waals surface area contributed by atoms with Gasteiger partial charge < -0.3 is 14.6 Å². The van der Waals surface area contributed by atoms with Crippen LogP contribution in [-0.4, -0.2) is 52.0 Å². The van der Waals surface area contributed by atoms with Crippen molar-refractivity contribution in [3.63, 3.8) is 0 Å². The van der Waals surface area contributed by atoms with Crippen molar-refractivity contribution in [1.29, 1.82) is 0 Å². The Balaban J connectivity index is 2.18. The number of methoxy groups -OCH3 is 1. The second-order valence-electron chi connectivity index (χ2n) is 7.18. The summed E-state index contributed by atoms with van der Waals surface area (Å²) in [6, 6.07) is 7.60. The lowest BCUT2D eigenvalue weighted by Crippen LogP contribution is -2.24. The van der Waals surface area contributed by atoms with Gasteiger partial charge >= 0.3 is 0 Å². The van der Waals surface area contributed by atoms with Crippen LogP contribution in [0.1, 0.15) is 51.9 Å². The zero-order chi connectivity index (χ0) is 21.4. The first-order valence-electron chi connectivity index (χ1n) is 10.1. The summed E-state index contributed by atoms with van der Waals surface area (Å²) in [7, 11) is 5.71. The number of hydrogen-bond donors (Lipinski definition) is 1. The predicted molar refractivity (Wildman–Crippen MR) is 119 cm³/mol. The maximum Gasteiger partial charge on any atom is 0.237 e. The van der Waals surface area contributed by atoms with E-state index < -0.39 is 0 Å². The average Bonchev–Trinajstić information content (AvgIpc) is 3.09. The molecule has 0 aliphatic heterocycles. The third kappa shape index (κ3) is 5.96. The first kappa shape index (κ1) is 23.2. The second kappa shape index (κ2) is 11.2. The number of rotatable bonds is 11. The highest BCUT2D eigenvalue weighted by Crippen LogP contribution is 2.29. The number of para-hydroxylation sites is 2. The van der Waals surface area contributed by atoms with Gasteiger partial charge in [0.2, 0.25) is 5.91 Å². The van der Waals surface area contributed by atoms with Crippen LogP contribution in [0, 0.1) is 0 Å². The van der Waals surface area contributed by atoms with Crippen molar-refractivity contribution in [2.24, 2.45) is 0 Å². The molecular formula is C21H33N5O2S. The number of hydrogen-bond acceptors (Lipinski definition) is 6. The van der Waals surface area contributed by atoms with Gasteiger partial charge in [0.25, 0.3) is 0 Å². The quantitative estimate of drug-likeness (QED) is 0.550. The fourth-order valence-electron chi connectivity index (χ4n) is 3.13. The standard InChI is InChI=1S/C21H33N5O2S/c1-7-9-14-26-19(17(8-2)25(4)5)23-24-21(26)29-15(3)20(27)22-16-12-10-11-13-18(16)28-6/h10-13,15,17H,7-9,14H2,1-6H3,(H,22,27)/t15-,17+/m0/s1. The summed E-state index contributed by atoms with van der Waals surface area (Å²) in [5.74, 6) is 1.51. The molecule has 0 saturated heterocycles. The van der Waals surface area contributed by atoms with Gasteiger partial charge in [-0.2, -0.15) is 0 Å². The predicted octanol–water partition coefficient (Wildman–Crippen LogP) is 4.22. The van der Waals surface area contributed by atoms with Crippen LogP contribution in [0.2, 0.25) is 0 Å². The number of amides is 1. The number of nitrogens with zero attached hydrogens (tertiary/aromatic N) is 4. The Kier molecular flexibility index (Phi) is 8.98. The Morgan fingerprint density at radius 3 is 2.62 bits per heavy atom. The lowest BCUT2D eigenvalue weighted by Gasteiger charge is -2.23. The molecule has 1 aromatic carbocycles. The van der Waals surface area contributed by atoms with E-state index in [0.717, 1.165) is 36.8 Å². The van der Waals surface area contributed by atoms with Gasteiger partial charge in [-0.1, -0.05) is 44.2 Å². The van der Waals surface area contributed by atoms with Crippen LogP contribution in [0.4, 0.5) is 5.69 Å². The molecule has 160 valence electrons. The third-order valence-electron chi connectivity index (χ3n) is 4.81. The molecule has 0 bridgehead atoms. The zero-order valence-corrected chi connectivity index (χ0v) is 19.1. The summed E-state index contributed by atoms with van der Waals surface area (Å²) in [5, 5.41) is 12.3. The number of nitrogens with one attached hydrogen (secondary N) is 1. The maximum absolute atomic E-state index is 12.8. The van der Waals surface area contributed by atoms with E-state index in [2.05, 4.69) is 52.9 Å². The highest BCUT2D eigenvalue weighted by Gasteiger charge is 2.25. The average molecular weight is 420 g/mol. The van der Waals surface area contributed by atoms with Crippen LogP contribution in [0.15, 0.2) is 29.4 Å². The Morgan fingerprint density at radius 2 is 2.00 bits per heavy atom. The molecule has 0 fully saturated rings. The summed E-state index contributed by atoms with van der Waals surface area (Å²) in [5.41, 5.74) is 0.666. The van der Waals surface area contributed by atoms with E-state index in [4.69, 9.17) is 4.74 Å². The number of ether oxygens (including phenoxy) is 1. The van der Waals surface area contributed by atoms with E-state index in [1.54, 1.807) is 7.11 Å². The molecule has 2 atom stereocenters. The zero-order valence-electron chi connectivity index (χ0n) is 18.3. The number of benzene rings is 1. The van der Waals surface area contributed by atoms with Crippen LogP contribution < -0.4 is 10.1 Å². The molecule has 0 aliphatic carbocycles. The number of carbonyl (C=O) groups is 1. The van der Waals surface area contributed by atoms with E-state index in [0.29, 0.717) is 11.4 Å². The van der Waals surface area contributed by atoms with Gasteiger partial charge in [-0.3, -0.25) is 9.69 Å². The summed E-state index contributed by atoms with van der Waals surface area (Å²) in [6.45, 7) is 7.06. The fourth-order valence-corrected chi connectivity index (χ4v) is 4.01. The van der Waals surface area contributed by atoms with E-state index in [9.17, 15) is 4.79 Å². The first-order chi connectivity index (χ1) is 13.9. The second-order valence-corrected chi connectivity index (χ2v) is 8.49. The van der Waals surface area contributed by atoms with Crippen LogP contribution in [0.25, 0.3) is 0 Å². The van der Waals surface area contributed by atoms with Gasteiger partial charge in [0, 0.05) is 6.54 Å². The van der Waals surface area contributed by atoms with E-state index in [1.807, 2.05) is 31.2 Å². The van der Waals surface area contributed by atoms with Gasteiger partial charge in [-0.05, 0) is 46.0 Å². The number of aromatic nitrogens is 3. The number of anilines is 1. The number of thioether (sulfide) groups is 1. The lowest BCUT2D eigenvalue weighted by atomic mass is 10.2. The smallest absolute Gasteiger partial charge is 0.237 e. The molecule has 0 spiro atoms. The molecule has 2 rings (SSSR count). The Bertz CT molecular complexity index is 793. The van der Waals surface area contributed by atoms with Crippen LogP contribution >= 0.6 is 11.8 Å². The third-order valence-corrected chi connectivity index (χ3v) is 5.89. The van der Waals surface area contributed by atoms with Crippen molar-refractivity contribution in [2.45, 2.75) is 63.0 Å². The van der Waals surface area contributed by atoms with Crippen LogP contribution in [0.5, 0.6) is 5.75 Å². The van der Waals surface area contributed by atoms with Crippen LogP contribution in [0.3, 0.4) is 0 Å². The molecular weight excluding hydrogens is 386 g/mol. The monoisotopic (exact) mass is 419 g/mol. The van der Waals surface area contributed by atoms with Gasteiger partial charge in [0.1, 0.15) is 5.75 Å². The normalized spacial score (nSPS) is 13.3. The van der Waals surface area contributed by atoms with Crippen molar-refractivity contribution < 1.29 is 9.53 Å². The molecule has 1 amide bonds. The Morgan fingerprint density at radius 1 is 1.28 bits per heavy atom. The maximum atomic E-state index is 12.8. The SMILES string of the molecule is CCCCn1c(S[C@@H](C)C(=O)Nc2ccccc2OC)nnc1[C@@H](CC)N(C)C. The van der Waals surface area contributed by atoms with Crippen molar-refractivity contribution in [3.05, 3.63) is 30.1 Å². The Labute approximate surface area is 178 Å². The number of carbonyl (C=O) groups excluding carboxylic acids is 1. The minimum Gasteiger partial charge on any atom is -0.495 e. The molecule has 29 heavy (non-hydrogen) atoms. The molecule has 1 heterocycles. The van der Waals surface area contributed by atoms with Gasteiger partial charge in [-0.25, -0.2) is 0 Å². The van der Waals surface area contributed by atoms with Gasteiger partial charge in [-0.15, -0.1) is 10.2 Å². The van der Waals surface area contributed by atoms with E-state index in [-0.39, 0.29) is 17.2 Å². The highest BCUT2D eigenvalue weighted by atomic mass is 32.2. The summed E-state index contributed by atoms with van der Waals surface area (Å²) < 4.78 is 7.50. The molecule has 8 heteroatoms. The minimum absolute atomic E-state index is 0.0919.